The molecule has 1 aromatic carbocycles. The van der Waals surface area contributed by atoms with Crippen LogP contribution in [0.4, 0.5) is 0 Å². The van der Waals surface area contributed by atoms with Crippen molar-refractivity contribution < 1.29 is 24.6 Å². The van der Waals surface area contributed by atoms with Gasteiger partial charge >= 0.3 is 5.97 Å². The molecule has 2 aliphatic rings. The number of carboxylic acid groups (broad SMARTS) is 1. The number of carbonyl (C=O) groups excluding carboxylic acids is 2. The molecule has 3 N–H and O–H groups in total. The Labute approximate surface area is 174 Å². The Hall–Kier alpha value is -3.29. The van der Waals surface area contributed by atoms with Gasteiger partial charge in [-0.05, 0) is 30.5 Å². The molecule has 0 saturated heterocycles. The summed E-state index contributed by atoms with van der Waals surface area (Å²) in [6.07, 6.45) is 3.92. The Kier molecular flexibility index (Phi) is 5.01. The number of amides is 1. The molecular formula is C22H23BN2O5. The SMILES string of the molecule is Bc1ccc(-c2ccc3n2C2(CCCCC2)C(O)=C(C(=O)NCC(=O)O)C3=O)cc1. The highest BCUT2D eigenvalue weighted by Crippen LogP contribution is 2.47. The van der Waals surface area contributed by atoms with Crippen molar-refractivity contribution in [3.63, 3.8) is 0 Å². The summed E-state index contributed by atoms with van der Waals surface area (Å²) in [6, 6.07) is 11.5. The number of aliphatic carboxylic acids is 1. The summed E-state index contributed by atoms with van der Waals surface area (Å²) in [5, 5.41) is 22.3. The zero-order chi connectivity index (χ0) is 21.5. The van der Waals surface area contributed by atoms with Gasteiger partial charge in [0.1, 0.15) is 31.3 Å². The Morgan fingerprint density at radius 2 is 1.67 bits per heavy atom. The molecular weight excluding hydrogens is 383 g/mol. The molecule has 7 nitrogen and oxygen atoms in total. The molecule has 8 heteroatoms. The molecule has 154 valence electrons. The first-order valence-electron chi connectivity index (χ1n) is 10.1. The number of aliphatic hydroxyl groups is 1. The van der Waals surface area contributed by atoms with Crippen molar-refractivity contribution in [2.75, 3.05) is 6.54 Å². The van der Waals surface area contributed by atoms with Gasteiger partial charge in [-0.15, -0.1) is 0 Å². The molecule has 1 aromatic heterocycles. The maximum absolute atomic E-state index is 13.2. The van der Waals surface area contributed by atoms with Crippen LogP contribution in [0.5, 0.6) is 0 Å². The fourth-order valence-electron chi connectivity index (χ4n) is 4.65. The number of aliphatic hydroxyl groups excluding tert-OH is 1. The van der Waals surface area contributed by atoms with Crippen molar-refractivity contribution in [3.05, 3.63) is 53.4 Å². The van der Waals surface area contributed by atoms with Crippen molar-refractivity contribution in [2.24, 2.45) is 0 Å². The van der Waals surface area contributed by atoms with Crippen LogP contribution in [-0.2, 0) is 15.1 Å². The number of hydrogen-bond donors (Lipinski definition) is 3. The first-order chi connectivity index (χ1) is 14.3. The van der Waals surface area contributed by atoms with Crippen molar-refractivity contribution in [1.29, 1.82) is 0 Å². The van der Waals surface area contributed by atoms with E-state index in [9.17, 15) is 19.5 Å². The summed E-state index contributed by atoms with van der Waals surface area (Å²) in [7, 11) is 2.00. The molecule has 0 bridgehead atoms. The maximum atomic E-state index is 13.2. The topological polar surface area (TPSA) is 109 Å². The second-order valence-electron chi connectivity index (χ2n) is 8.03. The molecule has 0 unspecified atom stereocenters. The van der Waals surface area contributed by atoms with Gasteiger partial charge in [-0.25, -0.2) is 0 Å². The van der Waals surface area contributed by atoms with E-state index in [-0.39, 0.29) is 11.3 Å². The minimum Gasteiger partial charge on any atom is -0.509 e. The predicted molar refractivity (Wildman–Crippen MR) is 114 cm³/mol. The van der Waals surface area contributed by atoms with Gasteiger partial charge in [0.25, 0.3) is 5.91 Å². The van der Waals surface area contributed by atoms with Gasteiger partial charge in [0.2, 0.25) is 5.78 Å². The fourth-order valence-corrected chi connectivity index (χ4v) is 4.65. The number of benzene rings is 1. The van der Waals surface area contributed by atoms with Crippen LogP contribution in [0.15, 0.2) is 47.7 Å². The number of carboxylic acids is 1. The monoisotopic (exact) mass is 406 g/mol. The van der Waals surface area contributed by atoms with Gasteiger partial charge in [-0.1, -0.05) is 49.0 Å². The summed E-state index contributed by atoms with van der Waals surface area (Å²) in [4.78, 5) is 36.7. The smallest absolute Gasteiger partial charge is 0.322 e. The number of nitrogens with one attached hydrogen (secondary N) is 1. The van der Waals surface area contributed by atoms with Crippen LogP contribution < -0.4 is 10.8 Å². The van der Waals surface area contributed by atoms with Gasteiger partial charge in [-0.3, -0.25) is 14.4 Å². The zero-order valence-corrected chi connectivity index (χ0v) is 16.8. The van der Waals surface area contributed by atoms with Gasteiger partial charge < -0.3 is 20.1 Å². The van der Waals surface area contributed by atoms with E-state index >= 15 is 0 Å². The maximum Gasteiger partial charge on any atom is 0.322 e. The zero-order valence-electron chi connectivity index (χ0n) is 16.8. The van der Waals surface area contributed by atoms with Gasteiger partial charge in [0.05, 0.1) is 5.69 Å². The van der Waals surface area contributed by atoms with Crippen molar-refractivity contribution >= 4 is 31.0 Å². The lowest BCUT2D eigenvalue weighted by Gasteiger charge is -2.43. The third kappa shape index (κ3) is 3.12. The summed E-state index contributed by atoms with van der Waals surface area (Å²) in [5.41, 5.74) is 1.96. The van der Waals surface area contributed by atoms with Crippen LogP contribution in [-0.4, -0.2) is 46.8 Å². The Bertz CT molecular complexity index is 1060. The molecule has 2 heterocycles. The minimum absolute atomic E-state index is 0.257. The lowest BCUT2D eigenvalue weighted by molar-refractivity contribution is -0.137. The number of allylic oxidation sites excluding steroid dienone is 1. The molecule has 4 rings (SSSR count). The molecule has 1 fully saturated rings. The van der Waals surface area contributed by atoms with Crippen molar-refractivity contribution in [1.82, 2.24) is 9.88 Å². The van der Waals surface area contributed by atoms with E-state index in [1.165, 1.54) is 0 Å². The number of Topliss-reactive ketones (excluding diaryl/α,β-unsaturated/α-hetero) is 1. The van der Waals surface area contributed by atoms with E-state index in [4.69, 9.17) is 5.11 Å². The highest BCUT2D eigenvalue weighted by atomic mass is 16.4. The summed E-state index contributed by atoms with van der Waals surface area (Å²) in [5.74, 6) is -2.92. The molecule has 0 atom stereocenters. The van der Waals surface area contributed by atoms with E-state index in [0.29, 0.717) is 18.5 Å². The lowest BCUT2D eigenvalue weighted by Crippen LogP contribution is -2.47. The first kappa shape index (κ1) is 20.0. The normalized spacial score (nSPS) is 17.7. The van der Waals surface area contributed by atoms with Crippen molar-refractivity contribution in [3.8, 4) is 11.3 Å². The predicted octanol–water partition coefficient (Wildman–Crippen LogP) is 1.28. The summed E-state index contributed by atoms with van der Waals surface area (Å²) >= 11 is 0. The van der Waals surface area contributed by atoms with Crippen LogP contribution >= 0.6 is 0 Å². The highest BCUT2D eigenvalue weighted by Gasteiger charge is 2.49. The van der Waals surface area contributed by atoms with Crippen molar-refractivity contribution in [2.45, 2.75) is 37.6 Å². The van der Waals surface area contributed by atoms with Crippen LogP contribution in [0.3, 0.4) is 0 Å². The minimum atomic E-state index is -1.22. The average molecular weight is 406 g/mol. The third-order valence-corrected chi connectivity index (χ3v) is 6.10. The van der Waals surface area contributed by atoms with E-state index in [1.54, 1.807) is 6.07 Å². The highest BCUT2D eigenvalue weighted by molar-refractivity contribution is 6.32. The average Bonchev–Trinajstić information content (AvgIpc) is 3.18. The Balaban J connectivity index is 1.88. The Morgan fingerprint density at radius 1 is 1.03 bits per heavy atom. The molecule has 1 aliphatic heterocycles. The van der Waals surface area contributed by atoms with E-state index < -0.39 is 29.7 Å². The summed E-state index contributed by atoms with van der Waals surface area (Å²) < 4.78 is 1.89. The molecule has 2 aromatic rings. The van der Waals surface area contributed by atoms with Crippen LogP contribution in [0.1, 0.15) is 42.6 Å². The first-order valence-corrected chi connectivity index (χ1v) is 10.1. The molecule has 1 aliphatic carbocycles. The van der Waals surface area contributed by atoms with E-state index in [0.717, 1.165) is 36.0 Å². The standard InChI is InChI=1S/C22H23BN2O5/c23-14-6-4-13(5-7-14)15-8-9-16-19(28)18(21(30)24-12-17(26)27)20(29)22(25(15)16)10-2-1-3-11-22/h4-9,29H,1-3,10-12,23H2,(H,24,30)(H,26,27). The number of hydrogen-bond acceptors (Lipinski definition) is 4. The lowest BCUT2D eigenvalue weighted by atomic mass is 9.75. The van der Waals surface area contributed by atoms with E-state index in [1.807, 2.05) is 42.7 Å². The third-order valence-electron chi connectivity index (χ3n) is 6.10. The van der Waals surface area contributed by atoms with Crippen LogP contribution in [0, 0.1) is 0 Å². The number of nitrogens with zero attached hydrogens (tertiary/aromatic N) is 1. The number of fused-ring (bicyclic) bond motifs is 2. The molecule has 1 saturated carbocycles. The van der Waals surface area contributed by atoms with Gasteiger partial charge in [-0.2, -0.15) is 0 Å². The Morgan fingerprint density at radius 3 is 2.30 bits per heavy atom. The fraction of sp³-hybridized carbons (Fsp3) is 0.318. The van der Waals surface area contributed by atoms with Gasteiger partial charge in [0.15, 0.2) is 0 Å². The van der Waals surface area contributed by atoms with Gasteiger partial charge in [0, 0.05) is 5.69 Å². The number of carbonyl (C=O) groups is 3. The second-order valence-corrected chi connectivity index (χ2v) is 8.03. The number of ketones is 1. The molecule has 1 amide bonds. The number of aromatic nitrogens is 1. The number of rotatable bonds is 4. The second kappa shape index (κ2) is 7.52. The molecule has 0 radical (unpaired) electrons. The molecule has 30 heavy (non-hydrogen) atoms. The van der Waals surface area contributed by atoms with Crippen LogP contribution in [0.25, 0.3) is 11.3 Å². The molecule has 1 spiro atoms. The largest absolute Gasteiger partial charge is 0.509 e. The van der Waals surface area contributed by atoms with E-state index in [2.05, 4.69) is 5.32 Å². The quantitative estimate of drug-likeness (QED) is 0.524. The van der Waals surface area contributed by atoms with Crippen LogP contribution in [0.2, 0.25) is 0 Å². The summed E-state index contributed by atoms with van der Waals surface area (Å²) in [6.45, 7) is -0.620.